The van der Waals surface area contributed by atoms with Crippen LogP contribution in [0.5, 0.6) is 0 Å². The molecule has 2 aliphatic heterocycles. The zero-order valence-corrected chi connectivity index (χ0v) is 14.3. The standard InChI is InChI=1S/C16H20BrN3O2/c1-12(21)18-6-8-19(9-7-18)15-10-20(11-15)16(22)13-2-4-14(17)5-3-13/h2-5,15H,6-11H2,1H3. The molecule has 1 aromatic carbocycles. The molecule has 0 bridgehead atoms. The molecule has 118 valence electrons. The average molecular weight is 366 g/mol. The summed E-state index contributed by atoms with van der Waals surface area (Å²) in [6, 6.07) is 7.93. The van der Waals surface area contributed by atoms with Crippen LogP contribution < -0.4 is 0 Å². The van der Waals surface area contributed by atoms with Crippen molar-refractivity contribution in [3.8, 4) is 0 Å². The smallest absolute Gasteiger partial charge is 0.253 e. The molecule has 2 fully saturated rings. The van der Waals surface area contributed by atoms with Gasteiger partial charge in [-0.25, -0.2) is 0 Å². The van der Waals surface area contributed by atoms with E-state index >= 15 is 0 Å². The van der Waals surface area contributed by atoms with Crippen LogP contribution in [-0.2, 0) is 4.79 Å². The van der Waals surface area contributed by atoms with Gasteiger partial charge in [0.15, 0.2) is 0 Å². The first-order chi connectivity index (χ1) is 10.5. The van der Waals surface area contributed by atoms with Crippen molar-refractivity contribution in [2.75, 3.05) is 39.3 Å². The maximum Gasteiger partial charge on any atom is 0.253 e. The summed E-state index contributed by atoms with van der Waals surface area (Å²) < 4.78 is 0.980. The van der Waals surface area contributed by atoms with E-state index in [-0.39, 0.29) is 11.8 Å². The van der Waals surface area contributed by atoms with Gasteiger partial charge in [0.25, 0.3) is 5.91 Å². The number of amides is 2. The summed E-state index contributed by atoms with van der Waals surface area (Å²) in [5.41, 5.74) is 0.739. The first-order valence-electron chi connectivity index (χ1n) is 7.59. The molecule has 0 atom stereocenters. The summed E-state index contributed by atoms with van der Waals surface area (Å²) in [5, 5.41) is 0. The lowest BCUT2D eigenvalue weighted by Gasteiger charge is -2.48. The zero-order chi connectivity index (χ0) is 15.7. The third kappa shape index (κ3) is 3.17. The van der Waals surface area contributed by atoms with Crippen molar-refractivity contribution in [2.45, 2.75) is 13.0 Å². The number of rotatable bonds is 2. The van der Waals surface area contributed by atoms with E-state index in [1.165, 1.54) is 0 Å². The molecule has 2 amide bonds. The van der Waals surface area contributed by atoms with Gasteiger partial charge in [-0.15, -0.1) is 0 Å². The van der Waals surface area contributed by atoms with Crippen molar-refractivity contribution in [1.29, 1.82) is 0 Å². The number of piperazine rings is 1. The first-order valence-corrected chi connectivity index (χ1v) is 8.38. The lowest BCUT2D eigenvalue weighted by molar-refractivity contribution is -0.131. The Kier molecular flexibility index (Phi) is 4.49. The summed E-state index contributed by atoms with van der Waals surface area (Å²) in [6.45, 7) is 6.61. The van der Waals surface area contributed by atoms with Crippen LogP contribution in [0.3, 0.4) is 0 Å². The van der Waals surface area contributed by atoms with Gasteiger partial charge in [0.2, 0.25) is 5.91 Å². The zero-order valence-electron chi connectivity index (χ0n) is 12.7. The molecule has 22 heavy (non-hydrogen) atoms. The molecule has 0 saturated carbocycles. The second-order valence-corrected chi connectivity index (χ2v) is 6.83. The van der Waals surface area contributed by atoms with E-state index in [2.05, 4.69) is 20.8 Å². The lowest BCUT2D eigenvalue weighted by Crippen LogP contribution is -2.64. The second-order valence-electron chi connectivity index (χ2n) is 5.91. The Morgan fingerprint density at radius 2 is 1.59 bits per heavy atom. The molecular formula is C16H20BrN3O2. The fraction of sp³-hybridized carbons (Fsp3) is 0.500. The van der Waals surface area contributed by atoms with Crippen LogP contribution in [0.4, 0.5) is 0 Å². The van der Waals surface area contributed by atoms with Crippen LogP contribution in [0.25, 0.3) is 0 Å². The maximum absolute atomic E-state index is 12.3. The van der Waals surface area contributed by atoms with Gasteiger partial charge in [-0.2, -0.15) is 0 Å². The Bertz CT molecular complexity index is 561. The normalized spacial score (nSPS) is 19.9. The number of benzene rings is 1. The molecule has 2 saturated heterocycles. The van der Waals surface area contributed by atoms with Gasteiger partial charge in [0, 0.05) is 62.3 Å². The SMILES string of the molecule is CC(=O)N1CCN(C2CN(C(=O)c3ccc(Br)cc3)C2)CC1. The third-order valence-corrected chi connectivity index (χ3v) is 5.05. The largest absolute Gasteiger partial charge is 0.340 e. The molecule has 0 aromatic heterocycles. The first kappa shape index (κ1) is 15.5. The van der Waals surface area contributed by atoms with Gasteiger partial charge in [-0.3, -0.25) is 14.5 Å². The quantitative estimate of drug-likeness (QED) is 0.796. The van der Waals surface area contributed by atoms with E-state index in [9.17, 15) is 9.59 Å². The highest BCUT2D eigenvalue weighted by molar-refractivity contribution is 9.10. The van der Waals surface area contributed by atoms with Crippen molar-refractivity contribution < 1.29 is 9.59 Å². The molecule has 0 spiro atoms. The molecule has 3 rings (SSSR count). The fourth-order valence-corrected chi connectivity index (χ4v) is 3.29. The summed E-state index contributed by atoms with van der Waals surface area (Å²) in [4.78, 5) is 29.9. The van der Waals surface area contributed by atoms with E-state index in [4.69, 9.17) is 0 Å². The van der Waals surface area contributed by atoms with E-state index in [0.717, 1.165) is 49.3 Å². The minimum absolute atomic E-state index is 0.103. The molecule has 6 heteroatoms. The predicted molar refractivity (Wildman–Crippen MR) is 87.7 cm³/mol. The van der Waals surface area contributed by atoms with Crippen LogP contribution in [-0.4, -0.2) is 71.8 Å². The minimum atomic E-state index is 0.103. The Hall–Kier alpha value is -1.40. The number of carbonyl (C=O) groups excluding carboxylic acids is 2. The van der Waals surface area contributed by atoms with Gasteiger partial charge in [-0.1, -0.05) is 15.9 Å². The highest BCUT2D eigenvalue weighted by Crippen LogP contribution is 2.20. The molecule has 2 heterocycles. The second kappa shape index (κ2) is 6.38. The molecule has 0 radical (unpaired) electrons. The van der Waals surface area contributed by atoms with Gasteiger partial charge in [-0.05, 0) is 24.3 Å². The summed E-state index contributed by atoms with van der Waals surface area (Å²) in [5.74, 6) is 0.256. The monoisotopic (exact) mass is 365 g/mol. The van der Waals surface area contributed by atoms with Gasteiger partial charge < -0.3 is 9.80 Å². The number of carbonyl (C=O) groups is 2. The maximum atomic E-state index is 12.3. The molecule has 5 nitrogen and oxygen atoms in total. The van der Waals surface area contributed by atoms with Crippen LogP contribution in [0.15, 0.2) is 28.7 Å². The van der Waals surface area contributed by atoms with E-state index < -0.39 is 0 Å². The molecule has 1 aromatic rings. The lowest BCUT2D eigenvalue weighted by atomic mass is 10.0. The van der Waals surface area contributed by atoms with Crippen molar-refractivity contribution in [2.24, 2.45) is 0 Å². The van der Waals surface area contributed by atoms with Crippen molar-refractivity contribution in [1.82, 2.24) is 14.7 Å². The highest BCUT2D eigenvalue weighted by Gasteiger charge is 2.36. The molecule has 0 aliphatic carbocycles. The molecule has 0 N–H and O–H groups in total. The van der Waals surface area contributed by atoms with Crippen molar-refractivity contribution >= 4 is 27.7 Å². The Labute approximate surface area is 139 Å². The number of halogens is 1. The fourth-order valence-electron chi connectivity index (χ4n) is 3.03. The average Bonchev–Trinajstić information content (AvgIpc) is 2.47. The topological polar surface area (TPSA) is 43.9 Å². The van der Waals surface area contributed by atoms with Gasteiger partial charge in [0.05, 0.1) is 0 Å². The molecular weight excluding hydrogens is 346 g/mol. The summed E-state index contributed by atoms with van der Waals surface area (Å²) >= 11 is 3.38. The van der Waals surface area contributed by atoms with Gasteiger partial charge in [0.1, 0.15) is 0 Å². The summed E-state index contributed by atoms with van der Waals surface area (Å²) in [6.07, 6.45) is 0. The number of hydrogen-bond acceptors (Lipinski definition) is 3. The molecule has 2 aliphatic rings. The van der Waals surface area contributed by atoms with Crippen molar-refractivity contribution in [3.05, 3.63) is 34.3 Å². The minimum Gasteiger partial charge on any atom is -0.340 e. The Morgan fingerprint density at radius 1 is 1.00 bits per heavy atom. The Morgan fingerprint density at radius 3 is 2.14 bits per heavy atom. The number of hydrogen-bond donors (Lipinski definition) is 0. The van der Waals surface area contributed by atoms with E-state index in [0.29, 0.717) is 6.04 Å². The number of likely N-dealkylation sites (tertiary alicyclic amines) is 1. The number of nitrogens with zero attached hydrogens (tertiary/aromatic N) is 3. The molecule has 0 unspecified atom stereocenters. The summed E-state index contributed by atoms with van der Waals surface area (Å²) in [7, 11) is 0. The van der Waals surface area contributed by atoms with Crippen LogP contribution >= 0.6 is 15.9 Å². The van der Waals surface area contributed by atoms with Crippen LogP contribution in [0.1, 0.15) is 17.3 Å². The van der Waals surface area contributed by atoms with E-state index in [1.807, 2.05) is 34.1 Å². The predicted octanol–water partition coefficient (Wildman–Crippen LogP) is 1.44. The van der Waals surface area contributed by atoms with Gasteiger partial charge >= 0.3 is 0 Å². The van der Waals surface area contributed by atoms with Crippen LogP contribution in [0, 0.1) is 0 Å². The van der Waals surface area contributed by atoms with E-state index in [1.54, 1.807) is 6.92 Å². The van der Waals surface area contributed by atoms with Crippen molar-refractivity contribution in [3.63, 3.8) is 0 Å². The Balaban J connectivity index is 1.49. The highest BCUT2D eigenvalue weighted by atomic mass is 79.9. The third-order valence-electron chi connectivity index (χ3n) is 4.52. The van der Waals surface area contributed by atoms with Crippen LogP contribution in [0.2, 0.25) is 0 Å².